The molecule has 1 N–H and O–H groups in total. The molecule has 0 fully saturated rings. The highest BCUT2D eigenvalue weighted by Gasteiger charge is 2.29. The van der Waals surface area contributed by atoms with Crippen molar-refractivity contribution >= 4 is 5.78 Å². The second kappa shape index (κ2) is 8.77. The second-order valence-electron chi connectivity index (χ2n) is 10.2. The number of hydrogen-bond acceptors (Lipinski definition) is 3. The van der Waals surface area contributed by atoms with Gasteiger partial charge in [0.1, 0.15) is 11.4 Å². The standard InChI is InChI=1S/C24H40O3/c1-10-11-14-27-24(8,9)20(25)13-12-17-15-18(22(2,3)4)21(26)19(16-17)23(5,6)7/h15-16,26H,10-14H2,1-9H3. The first-order valence-corrected chi connectivity index (χ1v) is 10.2. The molecule has 0 bridgehead atoms. The third-order valence-corrected chi connectivity index (χ3v) is 5.06. The summed E-state index contributed by atoms with van der Waals surface area (Å²) >= 11 is 0. The van der Waals surface area contributed by atoms with Gasteiger partial charge in [-0.25, -0.2) is 0 Å². The maximum atomic E-state index is 12.7. The monoisotopic (exact) mass is 376 g/mol. The summed E-state index contributed by atoms with van der Waals surface area (Å²) in [5.74, 6) is 0.509. The van der Waals surface area contributed by atoms with E-state index in [1.807, 2.05) is 13.8 Å². The van der Waals surface area contributed by atoms with E-state index < -0.39 is 5.60 Å². The van der Waals surface area contributed by atoms with Crippen molar-refractivity contribution in [3.8, 4) is 5.75 Å². The first kappa shape index (κ1) is 23.7. The van der Waals surface area contributed by atoms with E-state index in [9.17, 15) is 9.90 Å². The number of phenols is 1. The topological polar surface area (TPSA) is 46.5 Å². The Morgan fingerprint density at radius 3 is 1.85 bits per heavy atom. The third kappa shape index (κ3) is 6.64. The highest BCUT2D eigenvalue weighted by Crippen LogP contribution is 2.40. The number of unbranched alkanes of at least 4 members (excludes halogenated alkanes) is 1. The average Bonchev–Trinajstić information content (AvgIpc) is 2.51. The first-order chi connectivity index (χ1) is 12.2. The van der Waals surface area contributed by atoms with Crippen molar-refractivity contribution in [3.05, 3.63) is 28.8 Å². The molecule has 0 aliphatic heterocycles. The Hall–Kier alpha value is -1.35. The van der Waals surface area contributed by atoms with E-state index in [4.69, 9.17) is 4.74 Å². The third-order valence-electron chi connectivity index (χ3n) is 5.06. The fourth-order valence-electron chi connectivity index (χ4n) is 3.09. The number of carbonyl (C=O) groups excluding carboxylic acids is 1. The molecule has 0 aromatic heterocycles. The quantitative estimate of drug-likeness (QED) is 0.559. The molecule has 1 aromatic carbocycles. The van der Waals surface area contributed by atoms with Crippen molar-refractivity contribution in [1.29, 1.82) is 0 Å². The summed E-state index contributed by atoms with van der Waals surface area (Å²) in [6.45, 7) is 19.1. The van der Waals surface area contributed by atoms with Gasteiger partial charge in [-0.1, -0.05) is 67.0 Å². The number of carbonyl (C=O) groups is 1. The smallest absolute Gasteiger partial charge is 0.164 e. The Kier molecular flexibility index (Phi) is 7.69. The molecule has 0 aliphatic rings. The van der Waals surface area contributed by atoms with Gasteiger partial charge in [-0.2, -0.15) is 0 Å². The maximum Gasteiger partial charge on any atom is 0.164 e. The van der Waals surface area contributed by atoms with Crippen molar-refractivity contribution < 1.29 is 14.6 Å². The predicted molar refractivity (Wildman–Crippen MR) is 114 cm³/mol. The zero-order valence-corrected chi connectivity index (χ0v) is 19.0. The molecule has 27 heavy (non-hydrogen) atoms. The highest BCUT2D eigenvalue weighted by molar-refractivity contribution is 5.86. The van der Waals surface area contributed by atoms with Crippen molar-refractivity contribution in [3.63, 3.8) is 0 Å². The van der Waals surface area contributed by atoms with Crippen LogP contribution in [-0.2, 0) is 26.8 Å². The molecule has 0 saturated carbocycles. The lowest BCUT2D eigenvalue weighted by molar-refractivity contribution is -0.140. The van der Waals surface area contributed by atoms with E-state index in [-0.39, 0.29) is 16.6 Å². The molecule has 0 amide bonds. The zero-order valence-electron chi connectivity index (χ0n) is 19.0. The number of benzene rings is 1. The van der Waals surface area contributed by atoms with Gasteiger partial charge in [0.25, 0.3) is 0 Å². The van der Waals surface area contributed by atoms with E-state index in [1.54, 1.807) is 0 Å². The maximum absolute atomic E-state index is 12.7. The lowest BCUT2D eigenvalue weighted by Crippen LogP contribution is -2.35. The average molecular weight is 377 g/mol. The SMILES string of the molecule is CCCCOC(C)(C)C(=O)CCc1cc(C(C)(C)C)c(O)c(C(C)(C)C)c1. The summed E-state index contributed by atoms with van der Waals surface area (Å²) < 4.78 is 5.81. The molecule has 1 aromatic rings. The van der Waals surface area contributed by atoms with Crippen LogP contribution < -0.4 is 0 Å². The minimum Gasteiger partial charge on any atom is -0.507 e. The number of aromatic hydroxyl groups is 1. The Morgan fingerprint density at radius 1 is 0.963 bits per heavy atom. The van der Waals surface area contributed by atoms with Crippen LogP contribution in [0.4, 0.5) is 0 Å². The summed E-state index contributed by atoms with van der Waals surface area (Å²) in [5.41, 5.74) is 1.91. The summed E-state index contributed by atoms with van der Waals surface area (Å²) in [6.07, 6.45) is 3.13. The predicted octanol–water partition coefficient (Wildman–Crippen LogP) is 6.08. The van der Waals surface area contributed by atoms with Crippen LogP contribution in [-0.4, -0.2) is 23.1 Å². The highest BCUT2D eigenvalue weighted by atomic mass is 16.5. The Bertz CT molecular complexity index is 608. The van der Waals surface area contributed by atoms with Crippen LogP contribution in [0.25, 0.3) is 0 Å². The zero-order chi connectivity index (χ0) is 21.0. The van der Waals surface area contributed by atoms with Crippen molar-refractivity contribution in [2.24, 2.45) is 0 Å². The molecule has 3 nitrogen and oxygen atoms in total. The Morgan fingerprint density at radius 2 is 1.44 bits per heavy atom. The fraction of sp³-hybridized carbons (Fsp3) is 0.708. The number of hydrogen-bond donors (Lipinski definition) is 1. The van der Waals surface area contributed by atoms with Gasteiger partial charge in [-0.15, -0.1) is 0 Å². The fourth-order valence-corrected chi connectivity index (χ4v) is 3.09. The number of rotatable bonds is 8. The van der Waals surface area contributed by atoms with Gasteiger partial charge in [0.2, 0.25) is 0 Å². The molecule has 0 radical (unpaired) electrons. The van der Waals surface area contributed by atoms with Gasteiger partial charge >= 0.3 is 0 Å². The van der Waals surface area contributed by atoms with E-state index in [0.717, 1.165) is 29.5 Å². The van der Waals surface area contributed by atoms with Gasteiger partial charge in [-0.3, -0.25) is 4.79 Å². The Balaban J connectivity index is 3.05. The van der Waals surface area contributed by atoms with Crippen LogP contribution in [0.15, 0.2) is 12.1 Å². The molecule has 3 heteroatoms. The molecule has 1 rings (SSSR count). The molecule has 0 heterocycles. The number of phenolic OH excluding ortho intramolecular Hbond substituents is 1. The number of Topliss-reactive ketones (excluding diaryl/α,β-unsaturated/α-hetero) is 1. The molecule has 0 spiro atoms. The van der Waals surface area contributed by atoms with Gasteiger partial charge in [-0.05, 0) is 54.2 Å². The summed E-state index contributed by atoms with van der Waals surface area (Å²) in [5, 5.41) is 10.8. The van der Waals surface area contributed by atoms with Crippen molar-refractivity contribution in [2.45, 2.75) is 104 Å². The van der Waals surface area contributed by atoms with Crippen LogP contribution in [0.5, 0.6) is 5.75 Å². The van der Waals surface area contributed by atoms with Gasteiger partial charge in [0.05, 0.1) is 0 Å². The van der Waals surface area contributed by atoms with E-state index in [0.29, 0.717) is 25.2 Å². The van der Waals surface area contributed by atoms with Crippen LogP contribution in [0.2, 0.25) is 0 Å². The lowest BCUT2D eigenvalue weighted by atomic mass is 9.78. The largest absolute Gasteiger partial charge is 0.507 e. The summed E-state index contributed by atoms with van der Waals surface area (Å²) in [7, 11) is 0. The summed E-state index contributed by atoms with van der Waals surface area (Å²) in [6, 6.07) is 4.12. The molecule has 0 atom stereocenters. The first-order valence-electron chi connectivity index (χ1n) is 10.2. The van der Waals surface area contributed by atoms with Gasteiger partial charge in [0, 0.05) is 13.0 Å². The molecule has 0 unspecified atom stereocenters. The van der Waals surface area contributed by atoms with Gasteiger partial charge < -0.3 is 9.84 Å². The van der Waals surface area contributed by atoms with Crippen LogP contribution in [0.1, 0.15) is 98.3 Å². The van der Waals surface area contributed by atoms with Crippen LogP contribution in [0, 0.1) is 0 Å². The minimum absolute atomic E-state index is 0.126. The van der Waals surface area contributed by atoms with Gasteiger partial charge in [0.15, 0.2) is 5.78 Å². The summed E-state index contributed by atoms with van der Waals surface area (Å²) in [4.78, 5) is 12.7. The molecule has 0 saturated heterocycles. The lowest BCUT2D eigenvalue weighted by Gasteiger charge is -2.28. The van der Waals surface area contributed by atoms with Crippen molar-refractivity contribution in [2.75, 3.05) is 6.61 Å². The van der Waals surface area contributed by atoms with E-state index in [2.05, 4.69) is 60.6 Å². The van der Waals surface area contributed by atoms with E-state index >= 15 is 0 Å². The molecule has 154 valence electrons. The number of ketones is 1. The van der Waals surface area contributed by atoms with Crippen LogP contribution in [0.3, 0.4) is 0 Å². The van der Waals surface area contributed by atoms with Crippen molar-refractivity contribution in [1.82, 2.24) is 0 Å². The normalized spacial score (nSPS) is 13.1. The minimum atomic E-state index is -0.744. The van der Waals surface area contributed by atoms with E-state index in [1.165, 1.54) is 0 Å². The molecule has 0 aliphatic carbocycles. The van der Waals surface area contributed by atoms with Crippen LogP contribution >= 0.6 is 0 Å². The number of ether oxygens (including phenoxy) is 1. The molecular formula is C24H40O3. The Labute approximate surface area is 166 Å². The second-order valence-corrected chi connectivity index (χ2v) is 10.2. The number of aryl methyl sites for hydroxylation is 1. The molecular weight excluding hydrogens is 336 g/mol.